The zero-order chi connectivity index (χ0) is 24.0. The lowest BCUT2D eigenvalue weighted by Gasteiger charge is -2.20. The molecule has 1 amide bonds. The predicted octanol–water partition coefficient (Wildman–Crippen LogP) is 3.35. The van der Waals surface area contributed by atoms with Crippen molar-refractivity contribution in [1.82, 2.24) is 19.1 Å². The molecular weight excluding hydrogens is 462 g/mol. The van der Waals surface area contributed by atoms with Crippen LogP contribution in [0.15, 0.2) is 58.8 Å². The number of hydrogen-bond acceptors (Lipinski definition) is 7. The minimum Gasteiger partial charge on any atom is -0.497 e. The Kier molecular flexibility index (Phi) is 8.11. The number of thioether (sulfide) groups is 1. The number of aryl methyl sites for hydroxylation is 1. The molecule has 0 saturated carbocycles. The molecule has 9 nitrogen and oxygen atoms in total. The molecule has 0 fully saturated rings. The summed E-state index contributed by atoms with van der Waals surface area (Å²) >= 11 is 1.22. The number of anilines is 1. The van der Waals surface area contributed by atoms with Crippen LogP contribution in [-0.2, 0) is 14.8 Å². The number of sulfonamides is 1. The molecule has 0 spiro atoms. The number of nitrogens with zero attached hydrogens (tertiary/aromatic N) is 4. The second-order valence-corrected chi connectivity index (χ2v) is 9.94. The van der Waals surface area contributed by atoms with Crippen LogP contribution in [0.4, 0.5) is 5.69 Å². The quantitative estimate of drug-likeness (QED) is 0.435. The highest BCUT2D eigenvalue weighted by Gasteiger charge is 2.24. The summed E-state index contributed by atoms with van der Waals surface area (Å²) < 4.78 is 34.3. The van der Waals surface area contributed by atoms with Crippen LogP contribution in [-0.4, -0.2) is 59.3 Å². The van der Waals surface area contributed by atoms with Gasteiger partial charge in [0.15, 0.2) is 5.16 Å². The first-order valence-electron chi connectivity index (χ1n) is 10.4. The monoisotopic (exact) mass is 489 g/mol. The Bertz CT molecular complexity index is 1220. The van der Waals surface area contributed by atoms with E-state index in [0.717, 1.165) is 5.69 Å². The second kappa shape index (κ2) is 10.8. The van der Waals surface area contributed by atoms with Crippen molar-refractivity contribution in [2.24, 2.45) is 0 Å². The number of benzene rings is 2. The molecule has 0 aliphatic rings. The van der Waals surface area contributed by atoms with E-state index in [0.29, 0.717) is 35.2 Å². The number of amides is 1. The van der Waals surface area contributed by atoms with Crippen molar-refractivity contribution in [2.45, 2.75) is 30.8 Å². The van der Waals surface area contributed by atoms with Crippen LogP contribution in [0.2, 0.25) is 0 Å². The lowest BCUT2D eigenvalue weighted by atomic mass is 10.2. The SMILES string of the molecule is CCN(CC)S(=O)(=O)c1cc(NC(=O)CSc2nncn2-c2cccc(OC)c2)ccc1C. The number of aromatic nitrogens is 3. The molecule has 1 heterocycles. The molecule has 2 aromatic carbocycles. The number of nitrogens with one attached hydrogen (secondary N) is 1. The fourth-order valence-corrected chi connectivity index (χ4v) is 5.68. The lowest BCUT2D eigenvalue weighted by molar-refractivity contribution is -0.113. The number of ether oxygens (including phenoxy) is 1. The number of methoxy groups -OCH3 is 1. The summed E-state index contributed by atoms with van der Waals surface area (Å²) in [4.78, 5) is 12.8. The van der Waals surface area contributed by atoms with Gasteiger partial charge in [-0.3, -0.25) is 9.36 Å². The van der Waals surface area contributed by atoms with Crippen molar-refractivity contribution in [2.75, 3.05) is 31.3 Å². The van der Waals surface area contributed by atoms with Gasteiger partial charge in [0, 0.05) is 24.8 Å². The van der Waals surface area contributed by atoms with Gasteiger partial charge in [0.25, 0.3) is 0 Å². The average Bonchev–Trinajstić information content (AvgIpc) is 3.28. The van der Waals surface area contributed by atoms with E-state index in [1.807, 2.05) is 24.3 Å². The summed E-state index contributed by atoms with van der Waals surface area (Å²) in [5.41, 5.74) is 1.86. The topological polar surface area (TPSA) is 106 Å². The van der Waals surface area contributed by atoms with E-state index in [-0.39, 0.29) is 16.6 Å². The van der Waals surface area contributed by atoms with Crippen LogP contribution in [0.3, 0.4) is 0 Å². The third kappa shape index (κ3) is 5.73. The van der Waals surface area contributed by atoms with Crippen LogP contribution in [0.1, 0.15) is 19.4 Å². The fourth-order valence-electron chi connectivity index (χ4n) is 3.25. The third-order valence-electron chi connectivity index (χ3n) is 4.98. The van der Waals surface area contributed by atoms with E-state index < -0.39 is 10.0 Å². The first kappa shape index (κ1) is 24.7. The first-order valence-corrected chi connectivity index (χ1v) is 12.8. The minimum atomic E-state index is -3.63. The Hall–Kier alpha value is -2.89. The summed E-state index contributed by atoms with van der Waals surface area (Å²) in [6.45, 7) is 6.08. The van der Waals surface area contributed by atoms with Crippen molar-refractivity contribution < 1.29 is 17.9 Å². The van der Waals surface area contributed by atoms with Gasteiger partial charge in [0.2, 0.25) is 15.9 Å². The molecule has 1 N–H and O–H groups in total. The molecule has 0 bridgehead atoms. The van der Waals surface area contributed by atoms with E-state index in [2.05, 4.69) is 15.5 Å². The van der Waals surface area contributed by atoms with Gasteiger partial charge in [0.05, 0.1) is 23.4 Å². The van der Waals surface area contributed by atoms with Crippen LogP contribution in [0.25, 0.3) is 5.69 Å². The highest BCUT2D eigenvalue weighted by Crippen LogP contribution is 2.25. The van der Waals surface area contributed by atoms with Crippen LogP contribution in [0, 0.1) is 6.92 Å². The molecule has 33 heavy (non-hydrogen) atoms. The standard InChI is InChI=1S/C22H27N5O4S2/c1-5-26(6-2)33(29,30)20-12-17(11-10-16(20)3)24-21(28)14-32-22-25-23-15-27(22)18-8-7-9-19(13-18)31-4/h7-13,15H,5-6,14H2,1-4H3,(H,24,28). The maximum absolute atomic E-state index is 12.9. The van der Waals surface area contributed by atoms with Gasteiger partial charge in [-0.15, -0.1) is 10.2 Å². The van der Waals surface area contributed by atoms with E-state index in [9.17, 15) is 13.2 Å². The summed E-state index contributed by atoms with van der Waals surface area (Å²) in [7, 11) is -2.04. The van der Waals surface area contributed by atoms with Gasteiger partial charge in [-0.1, -0.05) is 37.7 Å². The van der Waals surface area contributed by atoms with E-state index in [4.69, 9.17) is 4.74 Å². The summed E-state index contributed by atoms with van der Waals surface area (Å²) in [6.07, 6.45) is 1.57. The van der Waals surface area contributed by atoms with Crippen LogP contribution in [0.5, 0.6) is 5.75 Å². The summed E-state index contributed by atoms with van der Waals surface area (Å²) in [5.74, 6) is 0.495. The van der Waals surface area contributed by atoms with Crippen molar-refractivity contribution in [1.29, 1.82) is 0 Å². The predicted molar refractivity (Wildman–Crippen MR) is 129 cm³/mol. The molecule has 0 radical (unpaired) electrons. The Morgan fingerprint density at radius 1 is 1.18 bits per heavy atom. The highest BCUT2D eigenvalue weighted by molar-refractivity contribution is 7.99. The number of carbonyl (C=O) groups excluding carboxylic acids is 1. The van der Waals surface area contributed by atoms with Gasteiger partial charge in [0.1, 0.15) is 12.1 Å². The summed E-state index contributed by atoms with van der Waals surface area (Å²) in [5, 5.41) is 11.4. The molecule has 0 aliphatic heterocycles. The van der Waals surface area contributed by atoms with Gasteiger partial charge in [-0.25, -0.2) is 8.42 Å². The van der Waals surface area contributed by atoms with Crippen LogP contribution >= 0.6 is 11.8 Å². The van der Waals surface area contributed by atoms with Crippen molar-refractivity contribution >= 4 is 33.4 Å². The van der Waals surface area contributed by atoms with Crippen molar-refractivity contribution in [3.05, 3.63) is 54.4 Å². The molecule has 3 aromatic rings. The summed E-state index contributed by atoms with van der Waals surface area (Å²) in [6, 6.07) is 12.3. The van der Waals surface area contributed by atoms with Gasteiger partial charge in [-0.05, 0) is 36.8 Å². The zero-order valence-corrected chi connectivity index (χ0v) is 20.6. The minimum absolute atomic E-state index is 0.0780. The molecule has 0 atom stereocenters. The molecule has 0 unspecified atom stereocenters. The molecule has 176 valence electrons. The Balaban J connectivity index is 1.71. The smallest absolute Gasteiger partial charge is 0.243 e. The van der Waals surface area contributed by atoms with Crippen molar-refractivity contribution in [3.63, 3.8) is 0 Å². The fraction of sp³-hybridized carbons (Fsp3) is 0.318. The Labute approximate surface area is 198 Å². The third-order valence-corrected chi connectivity index (χ3v) is 8.11. The largest absolute Gasteiger partial charge is 0.497 e. The average molecular weight is 490 g/mol. The first-order chi connectivity index (χ1) is 15.8. The zero-order valence-electron chi connectivity index (χ0n) is 19.0. The Morgan fingerprint density at radius 2 is 1.94 bits per heavy atom. The van der Waals surface area contributed by atoms with Gasteiger partial charge < -0.3 is 10.1 Å². The molecule has 11 heteroatoms. The van der Waals surface area contributed by atoms with E-state index >= 15 is 0 Å². The lowest BCUT2D eigenvalue weighted by Crippen LogP contribution is -2.31. The molecule has 3 rings (SSSR count). The Morgan fingerprint density at radius 3 is 2.64 bits per heavy atom. The number of hydrogen-bond donors (Lipinski definition) is 1. The normalized spacial score (nSPS) is 11.5. The molecule has 0 saturated heterocycles. The molecule has 0 aliphatic carbocycles. The van der Waals surface area contributed by atoms with E-state index in [1.54, 1.807) is 50.9 Å². The maximum atomic E-state index is 12.9. The number of carbonyl (C=O) groups is 1. The second-order valence-electron chi connectivity index (χ2n) is 7.09. The van der Waals surface area contributed by atoms with Crippen LogP contribution < -0.4 is 10.1 Å². The van der Waals surface area contributed by atoms with Gasteiger partial charge >= 0.3 is 0 Å². The van der Waals surface area contributed by atoms with Gasteiger partial charge in [-0.2, -0.15) is 4.31 Å². The van der Waals surface area contributed by atoms with Crippen molar-refractivity contribution in [3.8, 4) is 11.4 Å². The molecular formula is C22H27N5O4S2. The van der Waals surface area contributed by atoms with E-state index in [1.165, 1.54) is 22.1 Å². The highest BCUT2D eigenvalue weighted by atomic mass is 32.2. The maximum Gasteiger partial charge on any atom is 0.243 e. The number of rotatable bonds is 10. The molecule has 1 aromatic heterocycles.